The molecule has 2 heteroatoms. The van der Waals surface area contributed by atoms with Crippen LogP contribution in [0.1, 0.15) is 100 Å². The van der Waals surface area contributed by atoms with Crippen LogP contribution in [0.2, 0.25) is 0 Å². The third-order valence-electron chi connectivity index (χ3n) is 14.7. The molecule has 2 heterocycles. The Labute approximate surface area is 349 Å². The average Bonchev–Trinajstić information content (AvgIpc) is 3.45. The smallest absolute Gasteiger partial charge is 0.329 e. The summed E-state index contributed by atoms with van der Waals surface area (Å²) in [5.41, 5.74) is 23.9. The molecule has 286 valence electrons. The molecule has 0 fully saturated rings. The van der Waals surface area contributed by atoms with Crippen LogP contribution in [0.5, 0.6) is 0 Å². The summed E-state index contributed by atoms with van der Waals surface area (Å²) >= 11 is 0. The van der Waals surface area contributed by atoms with Gasteiger partial charge in [0.1, 0.15) is 0 Å². The second-order valence-corrected chi connectivity index (χ2v) is 20.5. The minimum absolute atomic E-state index is 0.0133. The van der Waals surface area contributed by atoms with E-state index in [1.165, 1.54) is 116 Å². The van der Waals surface area contributed by atoms with Crippen LogP contribution in [-0.4, -0.2) is 6.85 Å². The molecule has 4 aliphatic rings. The van der Waals surface area contributed by atoms with Crippen LogP contribution in [0.25, 0.3) is 54.9 Å². The zero-order valence-electron chi connectivity index (χ0n) is 35.6. The van der Waals surface area contributed by atoms with E-state index in [0.29, 0.717) is 0 Å². The second-order valence-electron chi connectivity index (χ2n) is 20.5. The van der Waals surface area contributed by atoms with Crippen molar-refractivity contribution >= 4 is 50.7 Å². The van der Waals surface area contributed by atoms with Gasteiger partial charge in [-0.2, -0.15) is 0 Å². The Morgan fingerprint density at radius 1 is 0.542 bits per heavy atom. The number of hydrogen-bond acceptors (Lipinski definition) is 1. The van der Waals surface area contributed by atoms with E-state index >= 15 is 0 Å². The molecule has 0 N–H and O–H groups in total. The summed E-state index contributed by atoms with van der Waals surface area (Å²) in [6.45, 7) is 19.0. The molecule has 1 unspecified atom stereocenters. The molecular weight excluding hydrogens is 709 g/mol. The van der Waals surface area contributed by atoms with E-state index in [9.17, 15) is 0 Å². The van der Waals surface area contributed by atoms with Crippen molar-refractivity contribution in [1.29, 1.82) is 0 Å². The third kappa shape index (κ3) is 4.75. The molecule has 1 nitrogen and oxygen atoms in total. The van der Waals surface area contributed by atoms with Crippen LogP contribution in [-0.2, 0) is 22.7 Å². The van der Waals surface area contributed by atoms with Crippen molar-refractivity contribution in [3.63, 3.8) is 0 Å². The highest BCUT2D eigenvalue weighted by Gasteiger charge is 2.49. The fourth-order valence-electron chi connectivity index (χ4n) is 11.7. The first-order valence-corrected chi connectivity index (χ1v) is 21.7. The molecule has 2 aliphatic carbocycles. The Kier molecular flexibility index (Phi) is 6.94. The van der Waals surface area contributed by atoms with E-state index in [-0.39, 0.29) is 29.0 Å². The van der Waals surface area contributed by atoms with Gasteiger partial charge < -0.3 is 4.81 Å². The summed E-state index contributed by atoms with van der Waals surface area (Å²) in [4.78, 5) is 2.76. The summed E-state index contributed by atoms with van der Waals surface area (Å²) in [6.07, 6.45) is 0.995. The Balaban J connectivity index is 1.24. The van der Waals surface area contributed by atoms with Gasteiger partial charge in [0.2, 0.25) is 0 Å². The fraction of sp³-hybridized carbons (Fsp3) is 0.228. The Hall–Kier alpha value is -5.86. The summed E-state index contributed by atoms with van der Waals surface area (Å²) in [5, 5.41) is 5.32. The standard InChI is InChI=1S/C57H50BN/c1-55(2,3)36-23-21-35-27-45-51-44(42(35)29-36)30-37(56(4,5)6)31-49(51)58-54-46(28-34-16-10-12-18-40(34)53(45)54)52-39-17-11-9-15-33(39)22-26-50(52)59(58)38-24-25-48-43(32-38)41-19-13-14-20-47(41)57(48,7)8/h9-26,28-32,45H,27H2,1-8H3. The van der Waals surface area contributed by atoms with Crippen molar-refractivity contribution in [1.82, 2.24) is 0 Å². The first-order chi connectivity index (χ1) is 28.3. The lowest BCUT2D eigenvalue weighted by molar-refractivity contribution is 0.588. The van der Waals surface area contributed by atoms with Gasteiger partial charge in [0, 0.05) is 28.3 Å². The SMILES string of the molecule is CC(C)(C)c1ccc2c(c1)-c1cc(C(C)(C)C)cc3c1C(C2)c1c2c(cc4ccccc14)-c1c(ccc4ccccc14)N(c1ccc4c(c1)-c1ccccc1C4(C)C)B32. The van der Waals surface area contributed by atoms with E-state index in [1.54, 1.807) is 0 Å². The highest BCUT2D eigenvalue weighted by molar-refractivity contribution is 6.92. The van der Waals surface area contributed by atoms with E-state index in [2.05, 4.69) is 200 Å². The number of benzene rings is 8. The van der Waals surface area contributed by atoms with Crippen molar-refractivity contribution in [3.8, 4) is 33.4 Å². The van der Waals surface area contributed by atoms with E-state index in [4.69, 9.17) is 0 Å². The molecule has 0 saturated heterocycles. The molecule has 0 spiro atoms. The zero-order chi connectivity index (χ0) is 40.3. The predicted octanol–water partition coefficient (Wildman–Crippen LogP) is 13.5. The Morgan fingerprint density at radius 3 is 2.03 bits per heavy atom. The Bertz CT molecular complexity index is 3150. The topological polar surface area (TPSA) is 3.24 Å². The number of nitrogens with zero attached hydrogens (tertiary/aromatic N) is 1. The minimum Gasteiger partial charge on any atom is -0.376 e. The molecule has 1 atom stereocenters. The zero-order valence-corrected chi connectivity index (χ0v) is 35.6. The van der Waals surface area contributed by atoms with Crippen LogP contribution < -0.4 is 15.7 Å². The fourth-order valence-corrected chi connectivity index (χ4v) is 11.7. The molecule has 59 heavy (non-hydrogen) atoms. The number of rotatable bonds is 1. The normalized spacial score (nSPS) is 16.6. The lowest BCUT2D eigenvalue weighted by Crippen LogP contribution is -2.62. The molecular formula is C57H50BN. The largest absolute Gasteiger partial charge is 0.376 e. The van der Waals surface area contributed by atoms with Gasteiger partial charge in [-0.15, -0.1) is 0 Å². The first-order valence-electron chi connectivity index (χ1n) is 21.7. The van der Waals surface area contributed by atoms with Crippen molar-refractivity contribution in [2.45, 2.75) is 84.0 Å². The molecule has 0 amide bonds. The van der Waals surface area contributed by atoms with Gasteiger partial charge in [-0.05, 0) is 141 Å². The van der Waals surface area contributed by atoms with Gasteiger partial charge in [0.05, 0.1) is 0 Å². The molecule has 12 rings (SSSR count). The maximum absolute atomic E-state index is 2.76. The lowest BCUT2D eigenvalue weighted by atomic mass is 9.38. The van der Waals surface area contributed by atoms with Crippen LogP contribution in [0.15, 0.2) is 140 Å². The van der Waals surface area contributed by atoms with Gasteiger partial charge in [0.15, 0.2) is 0 Å². The number of fused-ring (bicyclic) bond motifs is 13. The maximum Gasteiger partial charge on any atom is 0.329 e. The number of anilines is 2. The molecule has 2 aliphatic heterocycles. The van der Waals surface area contributed by atoms with Crippen LogP contribution >= 0.6 is 0 Å². The van der Waals surface area contributed by atoms with Crippen LogP contribution in [0.3, 0.4) is 0 Å². The quantitative estimate of drug-likeness (QED) is 0.151. The molecule has 8 aromatic carbocycles. The lowest BCUT2D eigenvalue weighted by Gasteiger charge is -2.47. The van der Waals surface area contributed by atoms with Gasteiger partial charge in [-0.3, -0.25) is 0 Å². The van der Waals surface area contributed by atoms with Crippen molar-refractivity contribution in [2.24, 2.45) is 0 Å². The van der Waals surface area contributed by atoms with Crippen molar-refractivity contribution < 1.29 is 0 Å². The average molecular weight is 760 g/mol. The van der Waals surface area contributed by atoms with E-state index in [1.807, 2.05) is 0 Å². The molecule has 0 bridgehead atoms. The monoisotopic (exact) mass is 759 g/mol. The third-order valence-corrected chi connectivity index (χ3v) is 14.7. The predicted molar refractivity (Wildman–Crippen MR) is 253 cm³/mol. The molecule has 0 radical (unpaired) electrons. The molecule has 0 aromatic heterocycles. The van der Waals surface area contributed by atoms with Gasteiger partial charge >= 0.3 is 6.85 Å². The summed E-state index contributed by atoms with van der Waals surface area (Å²) in [6, 6.07) is 54.7. The maximum atomic E-state index is 2.76. The van der Waals surface area contributed by atoms with Crippen LogP contribution in [0.4, 0.5) is 11.4 Å². The van der Waals surface area contributed by atoms with Gasteiger partial charge in [-0.25, -0.2) is 0 Å². The highest BCUT2D eigenvalue weighted by Crippen LogP contribution is 2.55. The Morgan fingerprint density at radius 2 is 1.24 bits per heavy atom. The van der Waals surface area contributed by atoms with E-state index < -0.39 is 0 Å². The summed E-state index contributed by atoms with van der Waals surface area (Å²) in [7, 11) is 0. The van der Waals surface area contributed by atoms with Crippen molar-refractivity contribution in [3.05, 3.63) is 178 Å². The molecule has 0 saturated carbocycles. The first kappa shape index (κ1) is 35.1. The number of hydrogen-bond donors (Lipinski definition) is 0. The van der Waals surface area contributed by atoms with Crippen LogP contribution in [0, 0.1) is 0 Å². The van der Waals surface area contributed by atoms with Gasteiger partial charge in [-0.1, -0.05) is 171 Å². The summed E-state index contributed by atoms with van der Waals surface area (Å²) < 4.78 is 0. The second kappa shape index (κ2) is 11.7. The van der Waals surface area contributed by atoms with E-state index in [0.717, 1.165) is 6.42 Å². The summed E-state index contributed by atoms with van der Waals surface area (Å²) in [5.74, 6) is 0.240. The minimum atomic E-state index is -0.0589. The highest BCUT2D eigenvalue weighted by atomic mass is 15.1. The van der Waals surface area contributed by atoms with Crippen molar-refractivity contribution in [2.75, 3.05) is 4.81 Å². The van der Waals surface area contributed by atoms with Gasteiger partial charge in [0.25, 0.3) is 0 Å². The molecule has 8 aromatic rings.